The van der Waals surface area contributed by atoms with Crippen LogP contribution in [0.25, 0.3) is 22.2 Å². The van der Waals surface area contributed by atoms with E-state index in [-0.39, 0.29) is 6.04 Å². The van der Waals surface area contributed by atoms with Crippen LogP contribution in [0.5, 0.6) is 5.75 Å². The fourth-order valence-corrected chi connectivity index (χ4v) is 4.96. The van der Waals surface area contributed by atoms with Crippen LogP contribution in [-0.2, 0) is 0 Å². The number of anilines is 1. The number of hydrogen-bond acceptors (Lipinski definition) is 5. The number of hydrogen-bond donors (Lipinski definition) is 0. The SMILES string of the molecule is COc1ccc(C2=NN(c3nc(-c4ccccc4)c4cc(Br)ccc4n3)C(c3ccccc3)C2)cc1. The molecular weight excluding hydrogens is 512 g/mol. The van der Waals surface area contributed by atoms with E-state index in [9.17, 15) is 0 Å². The monoisotopic (exact) mass is 534 g/mol. The smallest absolute Gasteiger partial charge is 0.247 e. The van der Waals surface area contributed by atoms with Crippen molar-refractivity contribution < 1.29 is 4.74 Å². The maximum atomic E-state index is 5.34. The van der Waals surface area contributed by atoms with Crippen LogP contribution in [0.15, 0.2) is 113 Å². The molecule has 1 aliphatic heterocycles. The van der Waals surface area contributed by atoms with E-state index < -0.39 is 0 Å². The van der Waals surface area contributed by atoms with Crippen molar-refractivity contribution in [2.75, 3.05) is 12.1 Å². The maximum Gasteiger partial charge on any atom is 0.247 e. The van der Waals surface area contributed by atoms with Crippen molar-refractivity contribution in [3.63, 3.8) is 0 Å². The van der Waals surface area contributed by atoms with Crippen LogP contribution in [0, 0.1) is 0 Å². The summed E-state index contributed by atoms with van der Waals surface area (Å²) in [5, 5.41) is 8.05. The normalized spacial score (nSPS) is 15.2. The Bertz CT molecular complexity index is 1550. The summed E-state index contributed by atoms with van der Waals surface area (Å²) >= 11 is 3.61. The molecule has 36 heavy (non-hydrogen) atoms. The highest BCUT2D eigenvalue weighted by Gasteiger charge is 2.32. The van der Waals surface area contributed by atoms with Gasteiger partial charge in [-0.3, -0.25) is 0 Å². The zero-order valence-electron chi connectivity index (χ0n) is 19.7. The molecule has 0 radical (unpaired) electrons. The second-order valence-electron chi connectivity index (χ2n) is 8.65. The number of fused-ring (bicyclic) bond motifs is 1. The Morgan fingerprint density at radius 2 is 1.53 bits per heavy atom. The van der Waals surface area contributed by atoms with Gasteiger partial charge in [0.25, 0.3) is 0 Å². The van der Waals surface area contributed by atoms with Gasteiger partial charge in [-0.1, -0.05) is 76.6 Å². The first kappa shape index (κ1) is 22.4. The third-order valence-electron chi connectivity index (χ3n) is 6.42. The van der Waals surface area contributed by atoms with E-state index in [0.717, 1.165) is 50.1 Å². The summed E-state index contributed by atoms with van der Waals surface area (Å²) in [6, 6.07) is 34.8. The molecule has 5 aromatic rings. The Morgan fingerprint density at radius 3 is 2.25 bits per heavy atom. The molecule has 0 fully saturated rings. The lowest BCUT2D eigenvalue weighted by Gasteiger charge is -2.23. The van der Waals surface area contributed by atoms with Crippen LogP contribution < -0.4 is 9.75 Å². The van der Waals surface area contributed by atoms with Crippen molar-refractivity contribution in [2.45, 2.75) is 12.5 Å². The summed E-state index contributed by atoms with van der Waals surface area (Å²) in [5.74, 6) is 1.41. The van der Waals surface area contributed by atoms with Gasteiger partial charge in [-0.05, 0) is 53.6 Å². The lowest BCUT2D eigenvalue weighted by atomic mass is 9.98. The van der Waals surface area contributed by atoms with E-state index in [0.29, 0.717) is 5.95 Å². The van der Waals surface area contributed by atoms with Crippen molar-refractivity contribution in [3.8, 4) is 17.0 Å². The van der Waals surface area contributed by atoms with Gasteiger partial charge in [-0.2, -0.15) is 5.10 Å². The summed E-state index contributed by atoms with van der Waals surface area (Å²) in [6.07, 6.45) is 0.749. The van der Waals surface area contributed by atoms with Crippen LogP contribution in [0.2, 0.25) is 0 Å². The first-order chi connectivity index (χ1) is 17.7. The van der Waals surface area contributed by atoms with Crippen molar-refractivity contribution in [2.24, 2.45) is 5.10 Å². The fraction of sp³-hybridized carbons (Fsp3) is 0.100. The van der Waals surface area contributed by atoms with E-state index in [2.05, 4.69) is 70.5 Å². The molecule has 0 saturated heterocycles. The van der Waals surface area contributed by atoms with Gasteiger partial charge in [-0.25, -0.2) is 15.0 Å². The Hall–Kier alpha value is -4.03. The second-order valence-corrected chi connectivity index (χ2v) is 9.57. The molecule has 0 amide bonds. The topological polar surface area (TPSA) is 50.6 Å². The highest BCUT2D eigenvalue weighted by Crippen LogP contribution is 2.38. The summed E-state index contributed by atoms with van der Waals surface area (Å²) in [7, 11) is 1.68. The first-order valence-electron chi connectivity index (χ1n) is 11.8. The first-order valence-corrected chi connectivity index (χ1v) is 12.6. The standard InChI is InChI=1S/C30H23BrN4O/c1-36-24-15-12-20(13-16-24)27-19-28(21-8-4-2-5-9-21)35(34-27)30-32-26-17-14-23(31)18-25(26)29(33-30)22-10-6-3-7-11-22/h2-18,28H,19H2,1H3. The number of rotatable bonds is 5. The van der Waals surface area contributed by atoms with Crippen LogP contribution in [-0.4, -0.2) is 22.8 Å². The molecular formula is C30H23BrN4O. The largest absolute Gasteiger partial charge is 0.497 e. The molecule has 0 saturated carbocycles. The van der Waals surface area contributed by atoms with E-state index in [1.54, 1.807) is 7.11 Å². The van der Waals surface area contributed by atoms with Gasteiger partial charge in [0, 0.05) is 21.8 Å². The summed E-state index contributed by atoms with van der Waals surface area (Å²) in [5.41, 5.74) is 6.03. The molecule has 4 aromatic carbocycles. The molecule has 0 spiro atoms. The molecule has 1 aliphatic rings. The summed E-state index contributed by atoms with van der Waals surface area (Å²) in [6.45, 7) is 0. The summed E-state index contributed by atoms with van der Waals surface area (Å²) < 4.78 is 6.34. The zero-order valence-corrected chi connectivity index (χ0v) is 21.3. The van der Waals surface area contributed by atoms with Crippen molar-refractivity contribution >= 4 is 38.5 Å². The molecule has 6 heteroatoms. The Labute approximate surface area is 218 Å². The Kier molecular flexibility index (Phi) is 5.95. The highest BCUT2D eigenvalue weighted by molar-refractivity contribution is 9.10. The molecule has 1 atom stereocenters. The average molecular weight is 535 g/mol. The average Bonchev–Trinajstić information content (AvgIpc) is 3.39. The Balaban J connectivity index is 1.52. The van der Waals surface area contributed by atoms with Gasteiger partial charge in [0.05, 0.1) is 30.1 Å². The van der Waals surface area contributed by atoms with Crippen LogP contribution in [0.3, 0.4) is 0 Å². The van der Waals surface area contributed by atoms with Gasteiger partial charge < -0.3 is 4.74 Å². The number of benzene rings is 4. The van der Waals surface area contributed by atoms with Gasteiger partial charge >= 0.3 is 0 Å². The number of methoxy groups -OCH3 is 1. The number of halogens is 1. The van der Waals surface area contributed by atoms with Crippen LogP contribution >= 0.6 is 15.9 Å². The third-order valence-corrected chi connectivity index (χ3v) is 6.91. The van der Waals surface area contributed by atoms with Crippen LogP contribution in [0.4, 0.5) is 5.95 Å². The van der Waals surface area contributed by atoms with Crippen molar-refractivity contribution in [3.05, 3.63) is 119 Å². The van der Waals surface area contributed by atoms with Gasteiger partial charge in [0.15, 0.2) is 0 Å². The molecule has 0 bridgehead atoms. The Morgan fingerprint density at radius 1 is 0.806 bits per heavy atom. The van der Waals surface area contributed by atoms with E-state index in [1.165, 1.54) is 5.56 Å². The highest BCUT2D eigenvalue weighted by atomic mass is 79.9. The zero-order chi connectivity index (χ0) is 24.5. The van der Waals surface area contributed by atoms with Gasteiger partial charge in [0.1, 0.15) is 5.75 Å². The molecule has 1 aromatic heterocycles. The number of hydrazone groups is 1. The van der Waals surface area contributed by atoms with Crippen molar-refractivity contribution in [1.82, 2.24) is 9.97 Å². The quantitative estimate of drug-likeness (QED) is 0.235. The second kappa shape index (κ2) is 9.55. The predicted octanol–water partition coefficient (Wildman–Crippen LogP) is 7.42. The third kappa shape index (κ3) is 4.25. The predicted molar refractivity (Wildman–Crippen MR) is 148 cm³/mol. The minimum Gasteiger partial charge on any atom is -0.497 e. The molecule has 176 valence electrons. The molecule has 0 aliphatic carbocycles. The lowest BCUT2D eigenvalue weighted by molar-refractivity contribution is 0.415. The number of ether oxygens (including phenoxy) is 1. The van der Waals surface area contributed by atoms with Crippen molar-refractivity contribution in [1.29, 1.82) is 0 Å². The molecule has 1 unspecified atom stereocenters. The van der Waals surface area contributed by atoms with Crippen LogP contribution in [0.1, 0.15) is 23.6 Å². The number of aromatic nitrogens is 2. The van der Waals surface area contributed by atoms with Gasteiger partial charge in [-0.15, -0.1) is 0 Å². The molecule has 5 nitrogen and oxygen atoms in total. The minimum atomic E-state index is -0.0141. The lowest BCUT2D eigenvalue weighted by Crippen LogP contribution is -2.21. The number of nitrogens with zero attached hydrogens (tertiary/aromatic N) is 4. The molecule has 0 N–H and O–H groups in total. The maximum absolute atomic E-state index is 5.34. The van der Waals surface area contributed by atoms with Gasteiger partial charge in [0.2, 0.25) is 5.95 Å². The molecule has 6 rings (SSSR count). The summed E-state index contributed by atoms with van der Waals surface area (Å²) in [4.78, 5) is 10.1. The van der Waals surface area contributed by atoms with E-state index in [1.807, 2.05) is 53.5 Å². The fourth-order valence-electron chi connectivity index (χ4n) is 4.59. The minimum absolute atomic E-state index is 0.0141. The molecule has 2 heterocycles. The van der Waals surface area contributed by atoms with E-state index >= 15 is 0 Å². The van der Waals surface area contributed by atoms with E-state index in [4.69, 9.17) is 19.8 Å².